The van der Waals surface area contributed by atoms with Crippen LogP contribution in [0.4, 0.5) is 5.13 Å². The molecule has 0 fully saturated rings. The highest BCUT2D eigenvalue weighted by atomic mass is 32.1. The van der Waals surface area contributed by atoms with E-state index in [2.05, 4.69) is 20.6 Å². The molecular weight excluding hydrogens is 358 g/mol. The van der Waals surface area contributed by atoms with Gasteiger partial charge in [-0.2, -0.15) is 5.10 Å². The van der Waals surface area contributed by atoms with Crippen molar-refractivity contribution in [3.8, 4) is 5.69 Å². The normalized spacial score (nSPS) is 10.7. The maximum Gasteiger partial charge on any atom is 0.230 e. The molecule has 7 heteroatoms. The predicted octanol–water partition coefficient (Wildman–Crippen LogP) is 3.50. The minimum Gasteiger partial charge on any atom is -0.300 e. The monoisotopic (exact) mass is 375 g/mol. The fourth-order valence-electron chi connectivity index (χ4n) is 2.67. The number of hydrogen-bond acceptors (Lipinski definition) is 5. The van der Waals surface area contributed by atoms with Crippen LogP contribution < -0.4 is 5.32 Å². The summed E-state index contributed by atoms with van der Waals surface area (Å²) in [6.45, 7) is 0. The summed E-state index contributed by atoms with van der Waals surface area (Å²) in [7, 11) is 0. The molecule has 1 N–H and O–H groups in total. The Morgan fingerprint density at radius 2 is 1.70 bits per heavy atom. The minimum absolute atomic E-state index is 0.134. The number of hydrogen-bond donors (Lipinski definition) is 1. The third-order valence-electron chi connectivity index (χ3n) is 3.93. The van der Waals surface area contributed by atoms with Gasteiger partial charge in [-0.3, -0.25) is 4.79 Å². The number of nitrogens with zero attached hydrogens (tertiary/aromatic N) is 4. The molecule has 0 spiro atoms. The molecule has 0 radical (unpaired) electrons. The summed E-state index contributed by atoms with van der Waals surface area (Å²) in [6, 6.07) is 19.8. The van der Waals surface area contributed by atoms with Crippen molar-refractivity contribution in [3.63, 3.8) is 0 Å². The van der Waals surface area contributed by atoms with Crippen LogP contribution in [0, 0.1) is 0 Å². The van der Waals surface area contributed by atoms with Gasteiger partial charge in [0.05, 0.1) is 18.3 Å². The molecule has 1 amide bonds. The summed E-state index contributed by atoms with van der Waals surface area (Å²) in [5.74, 6) is -0.134. The molecule has 0 atom stereocenters. The molecule has 0 bridgehead atoms. The number of para-hydroxylation sites is 1. The Bertz CT molecular complexity index is 1030. The number of rotatable bonds is 6. The number of nitrogens with one attached hydrogen (secondary N) is 1. The van der Waals surface area contributed by atoms with Gasteiger partial charge in [-0.05, 0) is 23.3 Å². The first-order chi connectivity index (χ1) is 13.3. The Kier molecular flexibility index (Phi) is 5.02. The summed E-state index contributed by atoms with van der Waals surface area (Å²) in [6.07, 6.45) is 4.50. The number of anilines is 1. The van der Waals surface area contributed by atoms with Crippen molar-refractivity contribution >= 4 is 22.4 Å². The van der Waals surface area contributed by atoms with Crippen LogP contribution in [0.5, 0.6) is 0 Å². The zero-order valence-corrected chi connectivity index (χ0v) is 15.3. The first-order valence-corrected chi connectivity index (χ1v) is 9.33. The number of amides is 1. The SMILES string of the molecule is O=C(Cc1cnn(-c2ccccc2)c1)Nc1nnc(Cc2ccccc2)s1. The maximum absolute atomic E-state index is 12.3. The molecule has 2 heterocycles. The Morgan fingerprint density at radius 3 is 2.48 bits per heavy atom. The molecule has 0 saturated carbocycles. The highest BCUT2D eigenvalue weighted by Gasteiger charge is 2.11. The Hall–Kier alpha value is -3.32. The molecule has 0 aliphatic heterocycles. The number of benzene rings is 2. The second-order valence-corrected chi connectivity index (χ2v) is 7.08. The van der Waals surface area contributed by atoms with Gasteiger partial charge in [-0.15, -0.1) is 10.2 Å². The van der Waals surface area contributed by atoms with Crippen LogP contribution >= 0.6 is 11.3 Å². The Labute approximate surface area is 160 Å². The van der Waals surface area contributed by atoms with Crippen LogP contribution in [0.1, 0.15) is 16.1 Å². The molecule has 4 aromatic rings. The van der Waals surface area contributed by atoms with Crippen molar-refractivity contribution in [2.24, 2.45) is 0 Å². The average Bonchev–Trinajstić information content (AvgIpc) is 3.33. The molecular formula is C20H17N5OS. The van der Waals surface area contributed by atoms with Gasteiger partial charge < -0.3 is 5.32 Å². The molecule has 0 saturated heterocycles. The highest BCUT2D eigenvalue weighted by Crippen LogP contribution is 2.19. The molecule has 134 valence electrons. The Balaban J connectivity index is 1.35. The fourth-order valence-corrected chi connectivity index (χ4v) is 3.46. The molecule has 27 heavy (non-hydrogen) atoms. The summed E-state index contributed by atoms with van der Waals surface area (Å²) in [5.41, 5.74) is 2.96. The van der Waals surface area contributed by atoms with Crippen molar-refractivity contribution < 1.29 is 4.79 Å². The van der Waals surface area contributed by atoms with Crippen LogP contribution in [0.2, 0.25) is 0 Å². The van der Waals surface area contributed by atoms with E-state index in [-0.39, 0.29) is 12.3 Å². The van der Waals surface area contributed by atoms with Crippen molar-refractivity contribution in [3.05, 3.63) is 89.2 Å². The smallest absolute Gasteiger partial charge is 0.230 e. The third-order valence-corrected chi connectivity index (χ3v) is 4.77. The first-order valence-electron chi connectivity index (χ1n) is 8.51. The van der Waals surface area contributed by atoms with Crippen LogP contribution in [0.15, 0.2) is 73.1 Å². The van der Waals surface area contributed by atoms with E-state index in [0.29, 0.717) is 11.6 Å². The number of carbonyl (C=O) groups excluding carboxylic acids is 1. The molecule has 0 unspecified atom stereocenters. The van der Waals surface area contributed by atoms with Gasteiger partial charge in [0.25, 0.3) is 0 Å². The second-order valence-electron chi connectivity index (χ2n) is 6.02. The lowest BCUT2D eigenvalue weighted by Crippen LogP contribution is -2.13. The van der Waals surface area contributed by atoms with Crippen LogP contribution in [0.25, 0.3) is 5.69 Å². The number of aromatic nitrogens is 4. The zero-order valence-electron chi connectivity index (χ0n) is 14.4. The topological polar surface area (TPSA) is 72.7 Å². The quantitative estimate of drug-likeness (QED) is 0.560. The summed E-state index contributed by atoms with van der Waals surface area (Å²) in [4.78, 5) is 12.3. The van der Waals surface area contributed by atoms with E-state index in [9.17, 15) is 4.79 Å². The lowest BCUT2D eigenvalue weighted by Gasteiger charge is -2.00. The number of carbonyl (C=O) groups is 1. The average molecular weight is 375 g/mol. The predicted molar refractivity (Wildman–Crippen MR) is 105 cm³/mol. The molecule has 6 nitrogen and oxygen atoms in total. The van der Waals surface area contributed by atoms with Crippen LogP contribution in [-0.4, -0.2) is 25.9 Å². The minimum atomic E-state index is -0.134. The molecule has 4 rings (SSSR count). The van der Waals surface area contributed by atoms with Gasteiger partial charge >= 0.3 is 0 Å². The van der Waals surface area contributed by atoms with Gasteiger partial charge in [0.1, 0.15) is 5.01 Å². The van der Waals surface area contributed by atoms with E-state index in [1.807, 2.05) is 66.9 Å². The van der Waals surface area contributed by atoms with E-state index in [1.165, 1.54) is 16.9 Å². The zero-order chi connectivity index (χ0) is 18.5. The molecule has 0 aliphatic rings. The lowest BCUT2D eigenvalue weighted by atomic mass is 10.2. The highest BCUT2D eigenvalue weighted by molar-refractivity contribution is 7.15. The third kappa shape index (κ3) is 4.45. The lowest BCUT2D eigenvalue weighted by molar-refractivity contribution is -0.115. The van der Waals surface area contributed by atoms with Gasteiger partial charge in [-0.1, -0.05) is 59.9 Å². The van der Waals surface area contributed by atoms with Gasteiger partial charge in [0.15, 0.2) is 0 Å². The standard InChI is InChI=1S/C20H17N5OS/c26-18(11-16-13-21-25(14-16)17-9-5-2-6-10-17)22-20-24-23-19(27-20)12-15-7-3-1-4-8-15/h1-10,13-14H,11-12H2,(H,22,24,26). The van der Waals surface area contributed by atoms with Crippen molar-refractivity contribution in [2.75, 3.05) is 5.32 Å². The van der Waals surface area contributed by atoms with E-state index >= 15 is 0 Å². The molecule has 2 aromatic carbocycles. The van der Waals surface area contributed by atoms with Crippen molar-refractivity contribution in [2.45, 2.75) is 12.8 Å². The summed E-state index contributed by atoms with van der Waals surface area (Å²) in [5, 5.41) is 16.7. The fraction of sp³-hybridized carbons (Fsp3) is 0.100. The molecule has 0 aliphatic carbocycles. The van der Waals surface area contributed by atoms with Crippen LogP contribution in [-0.2, 0) is 17.6 Å². The second kappa shape index (κ2) is 7.92. The van der Waals surface area contributed by atoms with Gasteiger partial charge in [0.2, 0.25) is 11.0 Å². The molecule has 2 aromatic heterocycles. The van der Waals surface area contributed by atoms with Crippen molar-refractivity contribution in [1.29, 1.82) is 0 Å². The van der Waals surface area contributed by atoms with E-state index in [1.54, 1.807) is 10.9 Å². The van der Waals surface area contributed by atoms with Crippen molar-refractivity contribution in [1.82, 2.24) is 20.0 Å². The van der Waals surface area contributed by atoms with E-state index in [4.69, 9.17) is 0 Å². The maximum atomic E-state index is 12.3. The Morgan fingerprint density at radius 1 is 0.963 bits per heavy atom. The van der Waals surface area contributed by atoms with Gasteiger partial charge in [-0.25, -0.2) is 4.68 Å². The van der Waals surface area contributed by atoms with Crippen LogP contribution in [0.3, 0.4) is 0 Å². The van der Waals surface area contributed by atoms with Gasteiger partial charge in [0, 0.05) is 12.6 Å². The van der Waals surface area contributed by atoms with E-state index in [0.717, 1.165) is 16.3 Å². The van der Waals surface area contributed by atoms with E-state index < -0.39 is 0 Å². The largest absolute Gasteiger partial charge is 0.300 e. The summed E-state index contributed by atoms with van der Waals surface area (Å²) >= 11 is 1.39. The first kappa shape index (κ1) is 17.1. The summed E-state index contributed by atoms with van der Waals surface area (Å²) < 4.78 is 1.76.